The maximum atomic E-state index is 15.0. The van der Waals surface area contributed by atoms with E-state index in [0.717, 1.165) is 43.2 Å². The molecule has 0 N–H and O–H groups in total. The summed E-state index contributed by atoms with van der Waals surface area (Å²) in [6.07, 6.45) is 4.81. The van der Waals surface area contributed by atoms with Gasteiger partial charge in [-0.3, -0.25) is 0 Å². The third-order valence-corrected chi connectivity index (χ3v) is 5.72. The summed E-state index contributed by atoms with van der Waals surface area (Å²) in [5.74, 6) is 5.78. The summed E-state index contributed by atoms with van der Waals surface area (Å²) in [5.41, 5.74) is 5.70. The molecule has 0 amide bonds. The smallest absolute Gasteiger partial charge is 0.142 e. The van der Waals surface area contributed by atoms with Crippen molar-refractivity contribution >= 4 is 0 Å². The maximum Gasteiger partial charge on any atom is 0.142 e. The monoisotopic (exact) mass is 386 g/mol. The quantitative estimate of drug-likeness (QED) is 0.446. The van der Waals surface area contributed by atoms with Gasteiger partial charge in [0.15, 0.2) is 0 Å². The van der Waals surface area contributed by atoms with Gasteiger partial charge in [0.1, 0.15) is 11.6 Å². The normalized spacial score (nSPS) is 15.3. The number of halogens is 2. The lowest BCUT2D eigenvalue weighted by Crippen LogP contribution is -2.15. The van der Waals surface area contributed by atoms with Gasteiger partial charge in [0.2, 0.25) is 0 Å². The van der Waals surface area contributed by atoms with Gasteiger partial charge in [-0.25, -0.2) is 8.78 Å². The van der Waals surface area contributed by atoms with E-state index in [2.05, 4.69) is 43.0 Å². The molecule has 0 heterocycles. The van der Waals surface area contributed by atoms with Crippen LogP contribution in [0.1, 0.15) is 59.1 Å². The highest BCUT2D eigenvalue weighted by molar-refractivity contribution is 5.48. The van der Waals surface area contributed by atoms with Crippen LogP contribution in [0.5, 0.6) is 0 Å². The molecule has 2 heteroatoms. The van der Waals surface area contributed by atoms with Crippen molar-refractivity contribution in [2.75, 3.05) is 0 Å². The molecule has 0 fully saturated rings. The minimum atomic E-state index is -0.301. The van der Waals surface area contributed by atoms with Crippen molar-refractivity contribution in [3.8, 4) is 11.8 Å². The second kappa shape index (κ2) is 8.62. The number of aryl methyl sites for hydroxylation is 1. The van der Waals surface area contributed by atoms with Crippen LogP contribution in [-0.4, -0.2) is 0 Å². The van der Waals surface area contributed by atoms with E-state index in [1.54, 1.807) is 18.2 Å². The molecule has 29 heavy (non-hydrogen) atoms. The lowest BCUT2D eigenvalue weighted by atomic mass is 9.79. The van der Waals surface area contributed by atoms with Crippen molar-refractivity contribution in [2.45, 2.75) is 44.9 Å². The summed E-state index contributed by atoms with van der Waals surface area (Å²) < 4.78 is 28.0. The Morgan fingerprint density at radius 1 is 0.897 bits per heavy atom. The van der Waals surface area contributed by atoms with Gasteiger partial charge in [-0.15, -0.1) is 0 Å². The SMILES string of the molecule is CCCc1ccc(C2CCc3c(ccc(C#Cc4ccc(F)cc4)c3F)C2)cc1. The average Bonchev–Trinajstić information content (AvgIpc) is 2.75. The number of hydrogen-bond acceptors (Lipinski definition) is 0. The lowest BCUT2D eigenvalue weighted by Gasteiger charge is -2.26. The first-order valence-electron chi connectivity index (χ1n) is 10.3. The molecule has 0 nitrogen and oxygen atoms in total. The van der Waals surface area contributed by atoms with Crippen molar-refractivity contribution in [2.24, 2.45) is 0 Å². The molecule has 0 radical (unpaired) electrons. The van der Waals surface area contributed by atoms with E-state index in [1.807, 2.05) is 6.07 Å². The van der Waals surface area contributed by atoms with Crippen LogP contribution >= 0.6 is 0 Å². The highest BCUT2D eigenvalue weighted by atomic mass is 19.1. The van der Waals surface area contributed by atoms with Crippen molar-refractivity contribution in [3.63, 3.8) is 0 Å². The van der Waals surface area contributed by atoms with Crippen molar-refractivity contribution in [3.05, 3.63) is 106 Å². The summed E-state index contributed by atoms with van der Waals surface area (Å²) in [6, 6.07) is 18.7. The van der Waals surface area contributed by atoms with Gasteiger partial charge in [0, 0.05) is 5.56 Å². The molecule has 0 aromatic heterocycles. The first kappa shape index (κ1) is 19.4. The predicted octanol–water partition coefficient (Wildman–Crippen LogP) is 6.59. The molecule has 1 aliphatic rings. The molecule has 1 atom stereocenters. The van der Waals surface area contributed by atoms with Crippen LogP contribution in [0, 0.1) is 23.5 Å². The number of fused-ring (bicyclic) bond motifs is 1. The van der Waals surface area contributed by atoms with Crippen LogP contribution in [0.2, 0.25) is 0 Å². The van der Waals surface area contributed by atoms with E-state index >= 15 is 4.39 Å². The Labute approximate surface area is 171 Å². The minimum absolute atomic E-state index is 0.200. The third-order valence-electron chi connectivity index (χ3n) is 5.72. The summed E-state index contributed by atoms with van der Waals surface area (Å²) >= 11 is 0. The van der Waals surface area contributed by atoms with Gasteiger partial charge >= 0.3 is 0 Å². The Morgan fingerprint density at radius 2 is 1.66 bits per heavy atom. The highest BCUT2D eigenvalue weighted by Gasteiger charge is 2.23. The number of benzene rings is 3. The van der Waals surface area contributed by atoms with Crippen LogP contribution in [0.15, 0.2) is 60.7 Å². The second-order valence-corrected chi connectivity index (χ2v) is 7.75. The van der Waals surface area contributed by atoms with E-state index in [1.165, 1.54) is 23.3 Å². The Kier molecular flexibility index (Phi) is 5.76. The zero-order valence-corrected chi connectivity index (χ0v) is 16.6. The Morgan fingerprint density at radius 3 is 2.38 bits per heavy atom. The largest absolute Gasteiger partial charge is 0.207 e. The molecular weight excluding hydrogens is 362 g/mol. The molecule has 3 aromatic carbocycles. The van der Waals surface area contributed by atoms with Crippen LogP contribution in [0.25, 0.3) is 0 Å². The minimum Gasteiger partial charge on any atom is -0.207 e. The van der Waals surface area contributed by atoms with E-state index in [0.29, 0.717) is 17.0 Å². The van der Waals surface area contributed by atoms with E-state index in [9.17, 15) is 4.39 Å². The van der Waals surface area contributed by atoms with Crippen LogP contribution in [-0.2, 0) is 19.3 Å². The topological polar surface area (TPSA) is 0 Å². The third kappa shape index (κ3) is 4.40. The highest BCUT2D eigenvalue weighted by Crippen LogP contribution is 2.34. The molecule has 0 saturated carbocycles. The fraction of sp³-hybridized carbons (Fsp3) is 0.259. The van der Waals surface area contributed by atoms with Gasteiger partial charge in [-0.05, 0) is 84.2 Å². The molecule has 0 bridgehead atoms. The fourth-order valence-corrected chi connectivity index (χ4v) is 4.11. The molecule has 1 unspecified atom stereocenters. The van der Waals surface area contributed by atoms with Gasteiger partial charge in [-0.1, -0.05) is 55.5 Å². The first-order chi connectivity index (χ1) is 14.1. The van der Waals surface area contributed by atoms with Crippen LogP contribution in [0.3, 0.4) is 0 Å². The molecule has 146 valence electrons. The van der Waals surface area contributed by atoms with Crippen LogP contribution in [0.4, 0.5) is 8.78 Å². The van der Waals surface area contributed by atoms with Gasteiger partial charge in [0.05, 0.1) is 5.56 Å². The van der Waals surface area contributed by atoms with Gasteiger partial charge < -0.3 is 0 Å². The van der Waals surface area contributed by atoms with Crippen molar-refractivity contribution < 1.29 is 8.78 Å². The molecule has 4 rings (SSSR count). The predicted molar refractivity (Wildman–Crippen MR) is 114 cm³/mol. The zero-order chi connectivity index (χ0) is 20.2. The van der Waals surface area contributed by atoms with E-state index in [4.69, 9.17) is 0 Å². The standard InChI is InChI=1S/C27H24F2/c1-2-3-19-4-9-21(10-5-19)23-14-17-26-24(18-23)13-12-22(27(26)29)11-6-20-7-15-25(28)16-8-20/h4-5,7-10,12-13,15-16,23H,2-3,14,17-18H2,1H3. The summed E-state index contributed by atoms with van der Waals surface area (Å²) in [5, 5.41) is 0. The van der Waals surface area contributed by atoms with Crippen molar-refractivity contribution in [1.82, 2.24) is 0 Å². The number of hydrogen-bond donors (Lipinski definition) is 0. The van der Waals surface area contributed by atoms with E-state index in [-0.39, 0.29) is 11.6 Å². The molecule has 1 aliphatic carbocycles. The Bertz CT molecular complexity index is 1050. The Balaban J connectivity index is 1.53. The summed E-state index contributed by atoms with van der Waals surface area (Å²) in [7, 11) is 0. The van der Waals surface area contributed by atoms with Crippen LogP contribution < -0.4 is 0 Å². The summed E-state index contributed by atoms with van der Waals surface area (Å²) in [6.45, 7) is 2.19. The van der Waals surface area contributed by atoms with Gasteiger partial charge in [-0.2, -0.15) is 0 Å². The molecule has 0 spiro atoms. The molecule has 3 aromatic rings. The van der Waals surface area contributed by atoms with Gasteiger partial charge in [0.25, 0.3) is 0 Å². The molecule has 0 saturated heterocycles. The fourth-order valence-electron chi connectivity index (χ4n) is 4.11. The maximum absolute atomic E-state index is 15.0. The lowest BCUT2D eigenvalue weighted by molar-refractivity contribution is 0.540. The van der Waals surface area contributed by atoms with E-state index < -0.39 is 0 Å². The second-order valence-electron chi connectivity index (χ2n) is 7.75. The van der Waals surface area contributed by atoms with Crippen molar-refractivity contribution in [1.29, 1.82) is 0 Å². The number of rotatable bonds is 3. The zero-order valence-electron chi connectivity index (χ0n) is 16.6. The molecular formula is C27H24F2. The summed E-state index contributed by atoms with van der Waals surface area (Å²) in [4.78, 5) is 0. The average molecular weight is 386 g/mol. The molecule has 0 aliphatic heterocycles. The first-order valence-corrected chi connectivity index (χ1v) is 10.3. The Hall–Kier alpha value is -2.92.